The van der Waals surface area contributed by atoms with Gasteiger partial charge in [-0.25, -0.2) is 0 Å². The molecule has 0 aliphatic heterocycles. The Kier molecular flexibility index (Phi) is 4.85. The van der Waals surface area contributed by atoms with Gasteiger partial charge in [0, 0.05) is 11.5 Å². The molecule has 1 aliphatic carbocycles. The number of allylic oxidation sites excluding steroid dienone is 2. The molecule has 1 aromatic rings. The van der Waals surface area contributed by atoms with Crippen LogP contribution in [0.25, 0.3) is 0 Å². The number of aliphatic hydroxyl groups is 1. The molecular formula is C16H20O5. The summed E-state index contributed by atoms with van der Waals surface area (Å²) in [6, 6.07) is 5.15. The number of methoxy groups -OCH3 is 2. The zero-order valence-electron chi connectivity index (χ0n) is 12.2. The van der Waals surface area contributed by atoms with Crippen LogP contribution in [-0.2, 0) is 4.79 Å². The summed E-state index contributed by atoms with van der Waals surface area (Å²) in [7, 11) is 3.06. The summed E-state index contributed by atoms with van der Waals surface area (Å²) in [5.41, 5.74) is 0.559. The number of hydrogen-bond donors (Lipinski definition) is 2. The van der Waals surface area contributed by atoms with Crippen molar-refractivity contribution in [3.8, 4) is 11.5 Å². The third kappa shape index (κ3) is 3.19. The summed E-state index contributed by atoms with van der Waals surface area (Å²) >= 11 is 0. The molecule has 0 aromatic heterocycles. The topological polar surface area (TPSA) is 76.0 Å². The van der Waals surface area contributed by atoms with Gasteiger partial charge in [0.15, 0.2) is 0 Å². The second-order valence-electron chi connectivity index (χ2n) is 5.10. The monoisotopic (exact) mass is 292 g/mol. The van der Waals surface area contributed by atoms with E-state index in [1.165, 1.54) is 7.11 Å². The standard InChI is InChI=1S/C16H20O5/c1-20-10-7-8-14(21-2)13(9-10)15(17)11-5-3-4-6-12(11)16(18)19/h3-4,7-9,11-12,15,17H,5-6H2,1-2H3,(H,18,19). The maximum Gasteiger partial charge on any atom is 0.307 e. The zero-order chi connectivity index (χ0) is 15.4. The number of hydrogen-bond acceptors (Lipinski definition) is 4. The summed E-state index contributed by atoms with van der Waals surface area (Å²) in [6.45, 7) is 0. The average molecular weight is 292 g/mol. The summed E-state index contributed by atoms with van der Waals surface area (Å²) in [4.78, 5) is 11.4. The Hall–Kier alpha value is -2.01. The van der Waals surface area contributed by atoms with Gasteiger partial charge in [-0.05, 0) is 31.0 Å². The smallest absolute Gasteiger partial charge is 0.307 e. The molecule has 2 N–H and O–H groups in total. The molecule has 3 unspecified atom stereocenters. The maximum absolute atomic E-state index is 11.4. The van der Waals surface area contributed by atoms with E-state index >= 15 is 0 Å². The van der Waals surface area contributed by atoms with Crippen LogP contribution in [0.5, 0.6) is 11.5 Å². The minimum atomic E-state index is -0.916. The quantitative estimate of drug-likeness (QED) is 0.815. The van der Waals surface area contributed by atoms with Gasteiger partial charge in [0.2, 0.25) is 0 Å². The van der Waals surface area contributed by atoms with Crippen LogP contribution in [0.4, 0.5) is 0 Å². The number of carboxylic acid groups (broad SMARTS) is 1. The Morgan fingerprint density at radius 3 is 2.57 bits per heavy atom. The van der Waals surface area contributed by atoms with Gasteiger partial charge >= 0.3 is 5.97 Å². The molecular weight excluding hydrogens is 272 g/mol. The van der Waals surface area contributed by atoms with Gasteiger partial charge in [-0.3, -0.25) is 4.79 Å². The second-order valence-corrected chi connectivity index (χ2v) is 5.10. The first-order valence-electron chi connectivity index (χ1n) is 6.86. The van der Waals surface area contributed by atoms with Crippen molar-refractivity contribution in [1.29, 1.82) is 0 Å². The van der Waals surface area contributed by atoms with E-state index in [1.807, 2.05) is 12.2 Å². The molecule has 0 amide bonds. The molecule has 0 fully saturated rings. The van der Waals surface area contributed by atoms with Gasteiger partial charge in [-0.2, -0.15) is 0 Å². The number of aliphatic hydroxyl groups excluding tert-OH is 1. The van der Waals surface area contributed by atoms with Crippen LogP contribution in [-0.4, -0.2) is 30.4 Å². The normalized spacial score (nSPS) is 22.6. The highest BCUT2D eigenvalue weighted by molar-refractivity contribution is 5.71. The fraction of sp³-hybridized carbons (Fsp3) is 0.438. The first kappa shape index (κ1) is 15.4. The molecule has 0 spiro atoms. The van der Waals surface area contributed by atoms with Gasteiger partial charge in [0.25, 0.3) is 0 Å². The van der Waals surface area contributed by atoms with Crippen molar-refractivity contribution in [2.45, 2.75) is 18.9 Å². The number of carboxylic acids is 1. The molecule has 0 saturated carbocycles. The summed E-state index contributed by atoms with van der Waals surface area (Å²) in [6.07, 6.45) is 3.81. The predicted octanol–water partition coefficient (Wildman–Crippen LogP) is 2.40. The Morgan fingerprint density at radius 1 is 1.24 bits per heavy atom. The van der Waals surface area contributed by atoms with Crippen LogP contribution in [0.3, 0.4) is 0 Å². The average Bonchev–Trinajstić information content (AvgIpc) is 2.53. The van der Waals surface area contributed by atoms with Crippen LogP contribution >= 0.6 is 0 Å². The molecule has 21 heavy (non-hydrogen) atoms. The molecule has 114 valence electrons. The summed E-state index contributed by atoms with van der Waals surface area (Å²) in [5, 5.41) is 20.0. The van der Waals surface area contributed by atoms with E-state index < -0.39 is 18.0 Å². The third-order valence-electron chi connectivity index (χ3n) is 3.96. The van der Waals surface area contributed by atoms with Crippen molar-refractivity contribution in [1.82, 2.24) is 0 Å². The molecule has 0 heterocycles. The number of benzene rings is 1. The Bertz CT molecular complexity index is 537. The molecule has 3 atom stereocenters. The number of aliphatic carboxylic acids is 1. The maximum atomic E-state index is 11.4. The largest absolute Gasteiger partial charge is 0.497 e. The van der Waals surface area contributed by atoms with Crippen molar-refractivity contribution < 1.29 is 24.5 Å². The van der Waals surface area contributed by atoms with Crippen LogP contribution < -0.4 is 9.47 Å². The van der Waals surface area contributed by atoms with E-state index in [-0.39, 0.29) is 5.92 Å². The van der Waals surface area contributed by atoms with E-state index in [0.29, 0.717) is 29.9 Å². The molecule has 0 saturated heterocycles. The number of carbonyl (C=O) groups is 1. The minimum Gasteiger partial charge on any atom is -0.497 e. The van der Waals surface area contributed by atoms with Crippen molar-refractivity contribution >= 4 is 5.97 Å². The zero-order valence-corrected chi connectivity index (χ0v) is 12.2. The first-order chi connectivity index (χ1) is 10.1. The SMILES string of the molecule is COc1ccc(OC)c(C(O)C2CC=CCC2C(=O)O)c1. The number of ether oxygens (including phenoxy) is 2. The Morgan fingerprint density at radius 2 is 1.95 bits per heavy atom. The third-order valence-corrected chi connectivity index (χ3v) is 3.96. The number of rotatable bonds is 5. The summed E-state index contributed by atoms with van der Waals surface area (Å²) < 4.78 is 10.4. The lowest BCUT2D eigenvalue weighted by molar-refractivity contribution is -0.145. The van der Waals surface area contributed by atoms with E-state index in [1.54, 1.807) is 25.3 Å². The van der Waals surface area contributed by atoms with Crippen LogP contribution in [0, 0.1) is 11.8 Å². The van der Waals surface area contributed by atoms with E-state index in [9.17, 15) is 15.0 Å². The Balaban J connectivity index is 2.35. The highest BCUT2D eigenvalue weighted by atomic mass is 16.5. The molecule has 5 heteroatoms. The van der Waals surface area contributed by atoms with E-state index in [0.717, 1.165) is 0 Å². The van der Waals surface area contributed by atoms with Gasteiger partial charge in [0.05, 0.1) is 26.2 Å². The van der Waals surface area contributed by atoms with Crippen molar-refractivity contribution in [3.63, 3.8) is 0 Å². The van der Waals surface area contributed by atoms with Gasteiger partial charge < -0.3 is 19.7 Å². The van der Waals surface area contributed by atoms with E-state index in [2.05, 4.69) is 0 Å². The van der Waals surface area contributed by atoms with Gasteiger partial charge in [0.1, 0.15) is 11.5 Å². The fourth-order valence-corrected chi connectivity index (χ4v) is 2.77. The van der Waals surface area contributed by atoms with Crippen LogP contribution in [0.1, 0.15) is 24.5 Å². The van der Waals surface area contributed by atoms with Gasteiger partial charge in [-0.15, -0.1) is 0 Å². The lowest BCUT2D eigenvalue weighted by Gasteiger charge is -2.30. The van der Waals surface area contributed by atoms with Crippen molar-refractivity contribution in [3.05, 3.63) is 35.9 Å². The van der Waals surface area contributed by atoms with Crippen LogP contribution in [0.15, 0.2) is 30.4 Å². The second kappa shape index (κ2) is 6.63. The highest BCUT2D eigenvalue weighted by Gasteiger charge is 2.35. The van der Waals surface area contributed by atoms with Crippen molar-refractivity contribution in [2.24, 2.45) is 11.8 Å². The Labute approximate surface area is 123 Å². The molecule has 0 bridgehead atoms. The van der Waals surface area contributed by atoms with Crippen molar-refractivity contribution in [2.75, 3.05) is 14.2 Å². The van der Waals surface area contributed by atoms with Crippen LogP contribution in [0.2, 0.25) is 0 Å². The summed E-state index contributed by atoms with van der Waals surface area (Å²) in [5.74, 6) is -0.732. The highest BCUT2D eigenvalue weighted by Crippen LogP contribution is 2.40. The minimum absolute atomic E-state index is 0.381. The van der Waals surface area contributed by atoms with Gasteiger partial charge in [-0.1, -0.05) is 12.2 Å². The lowest BCUT2D eigenvalue weighted by Crippen LogP contribution is -2.30. The molecule has 0 radical (unpaired) electrons. The molecule has 1 aromatic carbocycles. The fourth-order valence-electron chi connectivity index (χ4n) is 2.77. The lowest BCUT2D eigenvalue weighted by atomic mass is 9.77. The predicted molar refractivity (Wildman–Crippen MR) is 77.5 cm³/mol. The van der Waals surface area contributed by atoms with E-state index in [4.69, 9.17) is 9.47 Å². The molecule has 1 aliphatic rings. The molecule has 2 rings (SSSR count). The molecule has 5 nitrogen and oxygen atoms in total. The first-order valence-corrected chi connectivity index (χ1v) is 6.86.